The molecule has 0 atom stereocenters. The van der Waals surface area contributed by atoms with E-state index in [1.54, 1.807) is 12.1 Å². The Bertz CT molecular complexity index is 415. The van der Waals surface area contributed by atoms with Crippen LogP contribution >= 0.6 is 0 Å². The first-order chi connectivity index (χ1) is 6.70. The fourth-order valence-electron chi connectivity index (χ4n) is 0.666. The Morgan fingerprint density at radius 2 is 1.53 bits per heavy atom. The lowest BCUT2D eigenvalue weighted by Gasteiger charge is -1.90. The first kappa shape index (κ1) is 13.5. The second-order valence-corrected chi connectivity index (χ2v) is 3.44. The van der Waals surface area contributed by atoms with Gasteiger partial charge in [0.15, 0.2) is 0 Å². The maximum absolute atomic E-state index is 10.1. The average molecular weight is 235 g/mol. The normalized spacial score (nSPS) is 10.1. The summed E-state index contributed by atoms with van der Waals surface area (Å²) in [6, 6.07) is 6.43. The number of hydrogen-bond acceptors (Lipinski definition) is 4. The molecule has 0 amide bonds. The van der Waals surface area contributed by atoms with Crippen LogP contribution in [-0.2, 0) is 10.4 Å². The molecule has 0 unspecified atom stereocenters. The van der Waals surface area contributed by atoms with Gasteiger partial charge in [0.05, 0.1) is 4.92 Å². The van der Waals surface area contributed by atoms with Crippen molar-refractivity contribution in [2.45, 2.75) is 6.92 Å². The molecule has 84 valence electrons. The maximum atomic E-state index is 10.1. The summed E-state index contributed by atoms with van der Waals surface area (Å²) in [5, 5.41) is 10.1. The highest BCUT2D eigenvalue weighted by molar-refractivity contribution is 7.79. The lowest BCUT2D eigenvalue weighted by molar-refractivity contribution is -0.384. The number of rotatable bonds is 1. The number of nitro groups is 1. The molecule has 0 saturated carbocycles. The third-order valence-corrected chi connectivity index (χ3v) is 1.24. The molecule has 0 aliphatic carbocycles. The van der Waals surface area contributed by atoms with Crippen LogP contribution in [0.2, 0.25) is 0 Å². The summed E-state index contributed by atoms with van der Waals surface area (Å²) in [6.45, 7) is 1.89. The van der Waals surface area contributed by atoms with E-state index in [4.69, 9.17) is 17.5 Å². The summed E-state index contributed by atoms with van der Waals surface area (Å²) in [7, 11) is -4.67. The molecule has 0 bridgehead atoms. The van der Waals surface area contributed by atoms with Crippen molar-refractivity contribution in [3.05, 3.63) is 39.9 Å². The fraction of sp³-hybridized carbons (Fsp3) is 0.143. The van der Waals surface area contributed by atoms with Crippen LogP contribution in [0.15, 0.2) is 24.3 Å². The van der Waals surface area contributed by atoms with Gasteiger partial charge in [0, 0.05) is 12.1 Å². The topological polar surface area (TPSA) is 118 Å². The van der Waals surface area contributed by atoms with Gasteiger partial charge in [0.1, 0.15) is 0 Å². The molecule has 0 fully saturated rings. The van der Waals surface area contributed by atoms with E-state index >= 15 is 0 Å². The van der Waals surface area contributed by atoms with E-state index in [9.17, 15) is 10.1 Å². The summed E-state index contributed by atoms with van der Waals surface area (Å²) < 4.78 is 31.6. The molecule has 2 N–H and O–H groups in total. The second-order valence-electron chi connectivity index (χ2n) is 2.54. The molecule has 7 nitrogen and oxygen atoms in total. The highest BCUT2D eigenvalue weighted by Gasteiger charge is 2.00. The van der Waals surface area contributed by atoms with Crippen LogP contribution in [-0.4, -0.2) is 22.4 Å². The van der Waals surface area contributed by atoms with Gasteiger partial charge in [-0.2, -0.15) is 8.42 Å². The van der Waals surface area contributed by atoms with E-state index < -0.39 is 15.3 Å². The van der Waals surface area contributed by atoms with Crippen molar-refractivity contribution in [2.24, 2.45) is 0 Å². The minimum absolute atomic E-state index is 0.144. The first-order valence-corrected chi connectivity index (χ1v) is 5.01. The molecule has 0 heterocycles. The van der Waals surface area contributed by atoms with Crippen LogP contribution in [0.4, 0.5) is 5.69 Å². The van der Waals surface area contributed by atoms with Gasteiger partial charge in [-0.3, -0.25) is 19.2 Å². The number of hydrogen-bond donors (Lipinski definition) is 2. The van der Waals surface area contributed by atoms with Crippen molar-refractivity contribution < 1.29 is 22.4 Å². The summed E-state index contributed by atoms with van der Waals surface area (Å²) in [5.74, 6) is 0. The van der Waals surface area contributed by atoms with Crippen molar-refractivity contribution in [3.8, 4) is 0 Å². The minimum atomic E-state index is -4.67. The van der Waals surface area contributed by atoms with Gasteiger partial charge in [-0.05, 0) is 6.92 Å². The van der Waals surface area contributed by atoms with Gasteiger partial charge >= 0.3 is 10.4 Å². The zero-order valence-electron chi connectivity index (χ0n) is 7.69. The summed E-state index contributed by atoms with van der Waals surface area (Å²) in [6.07, 6.45) is 0. The number of aryl methyl sites for hydroxylation is 1. The van der Waals surface area contributed by atoms with E-state index in [1.807, 2.05) is 6.92 Å². The number of benzene rings is 1. The number of nitro benzene ring substituents is 1. The van der Waals surface area contributed by atoms with Gasteiger partial charge in [-0.15, -0.1) is 0 Å². The molecule has 0 aliphatic heterocycles. The molecule has 0 aliphatic rings. The standard InChI is InChI=1S/C7H7NO2.H2O4S/c1-6-2-4-7(5-3-6)8(9)10;1-5(2,3)4/h2-5H,1H3;(H2,1,2,3,4). The molecule has 8 heteroatoms. The molecule has 1 aromatic carbocycles. The van der Waals surface area contributed by atoms with Crippen LogP contribution < -0.4 is 0 Å². The Hall–Kier alpha value is -1.51. The quantitative estimate of drug-likeness (QED) is 0.429. The lowest BCUT2D eigenvalue weighted by atomic mass is 10.2. The second kappa shape index (κ2) is 5.39. The molecular weight excluding hydrogens is 226 g/mol. The molecular formula is C7H9NO6S. The SMILES string of the molecule is Cc1ccc([N+](=O)[O-])cc1.O=S(=O)(O)O. The third-order valence-electron chi connectivity index (χ3n) is 1.24. The summed E-state index contributed by atoms with van der Waals surface area (Å²) in [5.41, 5.74) is 1.18. The van der Waals surface area contributed by atoms with Gasteiger partial charge in [-0.1, -0.05) is 17.7 Å². The maximum Gasteiger partial charge on any atom is 0.394 e. The van der Waals surface area contributed by atoms with Crippen LogP contribution in [0.5, 0.6) is 0 Å². The van der Waals surface area contributed by atoms with Crippen molar-refractivity contribution in [2.75, 3.05) is 0 Å². The molecule has 0 spiro atoms. The predicted octanol–water partition coefficient (Wildman–Crippen LogP) is 1.25. The van der Waals surface area contributed by atoms with Crippen molar-refractivity contribution in [1.82, 2.24) is 0 Å². The van der Waals surface area contributed by atoms with Gasteiger partial charge in [0.25, 0.3) is 5.69 Å². The Morgan fingerprint density at radius 3 is 1.80 bits per heavy atom. The number of nitrogens with zero attached hydrogens (tertiary/aromatic N) is 1. The van der Waals surface area contributed by atoms with Crippen molar-refractivity contribution in [1.29, 1.82) is 0 Å². The fourth-order valence-corrected chi connectivity index (χ4v) is 0.666. The third kappa shape index (κ3) is 8.81. The van der Waals surface area contributed by atoms with E-state index in [0.29, 0.717) is 0 Å². The monoisotopic (exact) mass is 235 g/mol. The molecule has 0 aromatic heterocycles. The van der Waals surface area contributed by atoms with Crippen LogP contribution in [0.3, 0.4) is 0 Å². The highest BCUT2D eigenvalue weighted by Crippen LogP contribution is 2.10. The Morgan fingerprint density at radius 1 is 1.20 bits per heavy atom. The smallest absolute Gasteiger partial charge is 0.264 e. The molecule has 1 rings (SSSR count). The van der Waals surface area contributed by atoms with Crippen molar-refractivity contribution in [3.63, 3.8) is 0 Å². The largest absolute Gasteiger partial charge is 0.394 e. The zero-order chi connectivity index (χ0) is 12.1. The Labute approximate surface area is 86.1 Å². The van der Waals surface area contributed by atoms with Gasteiger partial charge in [0.2, 0.25) is 0 Å². The zero-order valence-corrected chi connectivity index (χ0v) is 8.51. The Balaban J connectivity index is 0.000000336. The molecule has 0 saturated heterocycles. The van der Waals surface area contributed by atoms with Crippen LogP contribution in [0.25, 0.3) is 0 Å². The molecule has 15 heavy (non-hydrogen) atoms. The highest BCUT2D eigenvalue weighted by atomic mass is 32.3. The lowest BCUT2D eigenvalue weighted by Crippen LogP contribution is -1.89. The number of non-ortho nitro benzene ring substituents is 1. The van der Waals surface area contributed by atoms with Crippen molar-refractivity contribution >= 4 is 16.1 Å². The van der Waals surface area contributed by atoms with Gasteiger partial charge in [-0.25, -0.2) is 0 Å². The van der Waals surface area contributed by atoms with Gasteiger partial charge < -0.3 is 0 Å². The summed E-state index contributed by atoms with van der Waals surface area (Å²) in [4.78, 5) is 9.71. The summed E-state index contributed by atoms with van der Waals surface area (Å²) >= 11 is 0. The van der Waals surface area contributed by atoms with E-state index in [0.717, 1.165) is 5.56 Å². The van der Waals surface area contributed by atoms with E-state index in [2.05, 4.69) is 0 Å². The van der Waals surface area contributed by atoms with Crippen LogP contribution in [0.1, 0.15) is 5.56 Å². The van der Waals surface area contributed by atoms with E-state index in [1.165, 1.54) is 12.1 Å². The predicted molar refractivity (Wildman–Crippen MR) is 52.0 cm³/mol. The average Bonchev–Trinajstić information content (AvgIpc) is 2.01. The first-order valence-electron chi connectivity index (χ1n) is 3.61. The Kier molecular flexibility index (Phi) is 4.85. The molecule has 0 radical (unpaired) electrons. The minimum Gasteiger partial charge on any atom is -0.264 e. The molecule has 1 aromatic rings. The van der Waals surface area contributed by atoms with E-state index in [-0.39, 0.29) is 5.69 Å². The van der Waals surface area contributed by atoms with Crippen LogP contribution in [0, 0.1) is 17.0 Å².